The number of rotatable bonds is 6. The van der Waals surface area contributed by atoms with Crippen LogP contribution in [0.4, 0.5) is 5.13 Å². The Morgan fingerprint density at radius 1 is 1.12 bits per heavy atom. The molecule has 3 heterocycles. The maximum atomic E-state index is 14.2. The molecule has 0 unspecified atom stereocenters. The summed E-state index contributed by atoms with van der Waals surface area (Å²) >= 11 is 1.25. The largest absolute Gasteiger partial charge is 0.336 e. The first kappa shape index (κ1) is 21.5. The molecule has 33 heavy (non-hydrogen) atoms. The highest BCUT2D eigenvalue weighted by Gasteiger charge is 2.33. The number of pyridine rings is 1. The molecular formula is C25H24N4O3S. The molecule has 1 atom stereocenters. The van der Waals surface area contributed by atoms with Crippen LogP contribution in [0.5, 0.6) is 0 Å². The number of aryl methyl sites for hydroxylation is 2. The van der Waals surface area contributed by atoms with E-state index in [0.717, 1.165) is 24.1 Å². The van der Waals surface area contributed by atoms with Crippen LogP contribution < -0.4 is 4.90 Å². The van der Waals surface area contributed by atoms with Gasteiger partial charge in [0.1, 0.15) is 0 Å². The fourth-order valence-corrected chi connectivity index (χ4v) is 5.16. The van der Waals surface area contributed by atoms with E-state index < -0.39 is 0 Å². The number of carbonyl (C=O) groups is 2. The molecule has 1 aliphatic rings. The highest BCUT2D eigenvalue weighted by atomic mass is 32.1. The van der Waals surface area contributed by atoms with Crippen molar-refractivity contribution in [3.8, 4) is 0 Å². The van der Waals surface area contributed by atoms with Crippen LogP contribution in [0.2, 0.25) is 0 Å². The SMILES string of the molecule is CC(=O)c1sc(N(C(=O)c2cc(C3CC3)nc3onc(C)c23)[C@@H](C)c2ccccc2)nc1C. The molecule has 1 aromatic carbocycles. The fraction of sp³-hybridized carbons (Fsp3) is 0.320. The number of amides is 1. The van der Waals surface area contributed by atoms with Crippen molar-refractivity contribution in [3.63, 3.8) is 0 Å². The second kappa shape index (κ2) is 8.19. The maximum Gasteiger partial charge on any atom is 0.261 e. The first-order chi connectivity index (χ1) is 15.8. The highest BCUT2D eigenvalue weighted by molar-refractivity contribution is 7.17. The third-order valence-corrected chi connectivity index (χ3v) is 7.32. The van der Waals surface area contributed by atoms with Gasteiger partial charge in [0, 0.05) is 18.5 Å². The van der Waals surface area contributed by atoms with E-state index in [0.29, 0.717) is 44.0 Å². The molecule has 0 spiro atoms. The molecule has 0 N–H and O–H groups in total. The molecule has 3 aromatic heterocycles. The molecule has 1 fully saturated rings. The van der Waals surface area contributed by atoms with E-state index >= 15 is 0 Å². The third-order valence-electron chi connectivity index (χ3n) is 6.06. The molecule has 4 aromatic rings. The predicted molar refractivity (Wildman–Crippen MR) is 127 cm³/mol. The summed E-state index contributed by atoms with van der Waals surface area (Å²) in [5.41, 5.74) is 3.95. The van der Waals surface area contributed by atoms with E-state index in [1.54, 1.807) is 11.8 Å². The minimum absolute atomic E-state index is 0.0618. The average Bonchev–Trinajstić information content (AvgIpc) is 3.50. The van der Waals surface area contributed by atoms with E-state index in [1.165, 1.54) is 18.3 Å². The topological polar surface area (TPSA) is 89.2 Å². The Morgan fingerprint density at radius 3 is 2.48 bits per heavy atom. The van der Waals surface area contributed by atoms with Gasteiger partial charge in [0.25, 0.3) is 11.6 Å². The quantitative estimate of drug-likeness (QED) is 0.339. The molecule has 0 saturated heterocycles. The van der Waals surface area contributed by atoms with E-state index in [4.69, 9.17) is 4.52 Å². The lowest BCUT2D eigenvalue weighted by atomic mass is 10.0. The Labute approximate surface area is 195 Å². The van der Waals surface area contributed by atoms with Crippen LogP contribution in [0.25, 0.3) is 11.1 Å². The van der Waals surface area contributed by atoms with Crippen LogP contribution in [0, 0.1) is 13.8 Å². The van der Waals surface area contributed by atoms with Crippen molar-refractivity contribution in [3.05, 3.63) is 69.5 Å². The summed E-state index contributed by atoms with van der Waals surface area (Å²) in [5.74, 6) is 0.0711. The zero-order valence-electron chi connectivity index (χ0n) is 19.0. The number of hydrogen-bond acceptors (Lipinski definition) is 7. The van der Waals surface area contributed by atoms with Gasteiger partial charge in [-0.15, -0.1) is 0 Å². The second-order valence-corrected chi connectivity index (χ2v) is 9.52. The standard InChI is InChI=1S/C25H24N4O3S/c1-13-21-19(12-20(18-10-11-18)27-23(21)32-28-13)24(31)29(15(3)17-8-6-5-7-9-17)25-26-14(2)22(33-25)16(4)30/h5-9,12,15,18H,10-11H2,1-4H3/t15-/m0/s1. The van der Waals surface area contributed by atoms with E-state index in [2.05, 4.69) is 15.1 Å². The number of thiazole rings is 1. The Kier molecular flexibility index (Phi) is 5.32. The third kappa shape index (κ3) is 3.84. The Hall–Kier alpha value is -3.39. The van der Waals surface area contributed by atoms with Gasteiger partial charge in [-0.2, -0.15) is 0 Å². The van der Waals surface area contributed by atoms with Gasteiger partial charge < -0.3 is 4.52 Å². The van der Waals surface area contributed by atoms with Gasteiger partial charge in [-0.05, 0) is 45.2 Å². The van der Waals surface area contributed by atoms with Crippen LogP contribution in [-0.2, 0) is 0 Å². The Morgan fingerprint density at radius 2 is 1.85 bits per heavy atom. The maximum absolute atomic E-state index is 14.2. The van der Waals surface area contributed by atoms with Gasteiger partial charge in [0.15, 0.2) is 10.9 Å². The lowest BCUT2D eigenvalue weighted by molar-refractivity contribution is 0.0977. The van der Waals surface area contributed by atoms with Crippen molar-refractivity contribution >= 4 is 39.3 Å². The zero-order valence-corrected chi connectivity index (χ0v) is 19.8. The normalized spacial score (nSPS) is 14.4. The minimum Gasteiger partial charge on any atom is -0.336 e. The number of aromatic nitrogens is 3. The van der Waals surface area contributed by atoms with Crippen molar-refractivity contribution in [1.29, 1.82) is 0 Å². The Bertz CT molecular complexity index is 1370. The Balaban J connectivity index is 1.69. The molecule has 0 radical (unpaired) electrons. The van der Waals surface area contributed by atoms with Crippen molar-refractivity contribution in [2.24, 2.45) is 0 Å². The number of ketones is 1. The fourth-order valence-electron chi connectivity index (χ4n) is 4.12. The van der Waals surface area contributed by atoms with Crippen molar-refractivity contribution in [1.82, 2.24) is 15.1 Å². The molecule has 5 rings (SSSR count). The smallest absolute Gasteiger partial charge is 0.261 e. The zero-order chi connectivity index (χ0) is 23.3. The van der Waals surface area contributed by atoms with E-state index in [9.17, 15) is 9.59 Å². The lowest BCUT2D eigenvalue weighted by Gasteiger charge is -2.28. The number of nitrogens with zero attached hydrogens (tertiary/aromatic N) is 4. The van der Waals surface area contributed by atoms with Crippen LogP contribution in [0.3, 0.4) is 0 Å². The van der Waals surface area contributed by atoms with Crippen LogP contribution in [0.1, 0.15) is 81.3 Å². The van der Waals surface area contributed by atoms with Crippen LogP contribution >= 0.6 is 11.3 Å². The van der Waals surface area contributed by atoms with Crippen LogP contribution in [-0.4, -0.2) is 26.8 Å². The number of fused-ring (bicyclic) bond motifs is 1. The average molecular weight is 461 g/mol. The number of anilines is 1. The summed E-state index contributed by atoms with van der Waals surface area (Å²) in [5, 5.41) is 5.18. The molecular weight excluding hydrogens is 436 g/mol. The molecule has 8 heteroatoms. The monoisotopic (exact) mass is 460 g/mol. The van der Waals surface area contributed by atoms with E-state index in [1.807, 2.05) is 50.2 Å². The summed E-state index contributed by atoms with van der Waals surface area (Å²) in [6.07, 6.45) is 2.11. The second-order valence-electron chi connectivity index (χ2n) is 8.55. The van der Waals surface area contributed by atoms with Gasteiger partial charge in [0.05, 0.1) is 33.3 Å². The lowest BCUT2D eigenvalue weighted by Crippen LogP contribution is -2.34. The minimum atomic E-state index is -0.309. The first-order valence-electron chi connectivity index (χ1n) is 11.0. The van der Waals surface area contributed by atoms with Gasteiger partial charge >= 0.3 is 0 Å². The number of benzene rings is 1. The predicted octanol–water partition coefficient (Wildman–Crippen LogP) is 5.78. The molecule has 1 saturated carbocycles. The first-order valence-corrected chi connectivity index (χ1v) is 11.8. The van der Waals surface area contributed by atoms with Crippen molar-refractivity contribution in [2.45, 2.75) is 52.5 Å². The molecule has 1 amide bonds. The highest BCUT2D eigenvalue weighted by Crippen LogP contribution is 2.41. The number of Topliss-reactive ketones (excluding diaryl/α,β-unsaturated/α-hetero) is 1. The molecule has 7 nitrogen and oxygen atoms in total. The summed E-state index contributed by atoms with van der Waals surface area (Å²) < 4.78 is 5.45. The summed E-state index contributed by atoms with van der Waals surface area (Å²) in [4.78, 5) is 37.8. The molecule has 1 aliphatic carbocycles. The van der Waals surface area contributed by atoms with Crippen molar-refractivity contribution in [2.75, 3.05) is 4.90 Å². The van der Waals surface area contributed by atoms with Gasteiger partial charge in [-0.25, -0.2) is 9.97 Å². The summed E-state index contributed by atoms with van der Waals surface area (Å²) in [6, 6.07) is 11.4. The summed E-state index contributed by atoms with van der Waals surface area (Å²) in [7, 11) is 0. The summed E-state index contributed by atoms with van der Waals surface area (Å²) in [6.45, 7) is 7.10. The molecule has 0 bridgehead atoms. The number of carbonyl (C=O) groups excluding carboxylic acids is 2. The van der Waals surface area contributed by atoms with Gasteiger partial charge in [-0.1, -0.05) is 46.8 Å². The van der Waals surface area contributed by atoms with Crippen molar-refractivity contribution < 1.29 is 14.1 Å². The van der Waals surface area contributed by atoms with Crippen LogP contribution in [0.15, 0.2) is 40.9 Å². The van der Waals surface area contributed by atoms with Gasteiger partial charge in [0.2, 0.25) is 0 Å². The molecule has 168 valence electrons. The molecule has 0 aliphatic heterocycles. The van der Waals surface area contributed by atoms with Gasteiger partial charge in [-0.3, -0.25) is 14.5 Å². The number of hydrogen-bond donors (Lipinski definition) is 0. The van der Waals surface area contributed by atoms with E-state index in [-0.39, 0.29) is 17.7 Å².